The van der Waals surface area contributed by atoms with Gasteiger partial charge in [-0.1, -0.05) is 6.92 Å². The number of hydrogen-bond donors (Lipinski definition) is 2. The van der Waals surface area contributed by atoms with Crippen molar-refractivity contribution in [3.8, 4) is 0 Å². The molecule has 4 N–H and O–H groups in total. The normalized spacial score (nSPS) is 14.7. The van der Waals surface area contributed by atoms with Gasteiger partial charge in [-0.2, -0.15) is 0 Å². The highest BCUT2D eigenvalue weighted by molar-refractivity contribution is 6.12. The first kappa shape index (κ1) is 11.9. The van der Waals surface area contributed by atoms with E-state index in [0.29, 0.717) is 0 Å². The van der Waals surface area contributed by atoms with Crippen LogP contribution >= 0.6 is 0 Å². The summed E-state index contributed by atoms with van der Waals surface area (Å²) >= 11 is 0. The standard InChI is InChI=1S/C7H13N3O3/c1-2-5(11)7(4-9,10-13)6(12)3-8/h2-4,8-9H2,1H3/t7-/m1/s1. The molecule has 13 heavy (non-hydrogen) atoms. The lowest BCUT2D eigenvalue weighted by Gasteiger charge is -2.19. The zero-order valence-corrected chi connectivity index (χ0v) is 7.45. The number of nitrogens with two attached hydrogens (primary N) is 2. The number of nitroso groups, excluding NO2 is 1. The maximum absolute atomic E-state index is 11.2. The van der Waals surface area contributed by atoms with E-state index in [9.17, 15) is 14.5 Å². The van der Waals surface area contributed by atoms with Gasteiger partial charge in [-0.3, -0.25) is 9.59 Å². The van der Waals surface area contributed by atoms with Crippen LogP contribution in [-0.2, 0) is 9.59 Å². The van der Waals surface area contributed by atoms with E-state index in [1.165, 1.54) is 6.92 Å². The van der Waals surface area contributed by atoms with Gasteiger partial charge in [-0.05, 0) is 5.18 Å². The van der Waals surface area contributed by atoms with Gasteiger partial charge in [-0.25, -0.2) is 0 Å². The van der Waals surface area contributed by atoms with E-state index in [4.69, 9.17) is 11.5 Å². The third-order valence-corrected chi connectivity index (χ3v) is 1.88. The Morgan fingerprint density at radius 3 is 2.08 bits per heavy atom. The van der Waals surface area contributed by atoms with E-state index in [-0.39, 0.29) is 6.42 Å². The van der Waals surface area contributed by atoms with E-state index >= 15 is 0 Å². The molecule has 0 aromatic carbocycles. The molecule has 0 spiro atoms. The van der Waals surface area contributed by atoms with Crippen molar-refractivity contribution in [1.29, 1.82) is 0 Å². The topological polar surface area (TPSA) is 116 Å². The van der Waals surface area contributed by atoms with Crippen LogP contribution < -0.4 is 11.5 Å². The quantitative estimate of drug-likeness (QED) is 0.407. The molecular weight excluding hydrogens is 174 g/mol. The number of rotatable bonds is 6. The molecule has 0 fully saturated rings. The molecule has 0 saturated carbocycles. The number of ketones is 2. The third kappa shape index (κ3) is 1.96. The summed E-state index contributed by atoms with van der Waals surface area (Å²) in [5.74, 6) is -1.31. The van der Waals surface area contributed by atoms with Gasteiger partial charge < -0.3 is 11.5 Å². The Bertz CT molecular complexity index is 211. The summed E-state index contributed by atoms with van der Waals surface area (Å²) in [7, 11) is 0. The maximum Gasteiger partial charge on any atom is 0.231 e. The monoisotopic (exact) mass is 187 g/mol. The predicted octanol–water partition coefficient (Wildman–Crippen LogP) is -1.04. The van der Waals surface area contributed by atoms with Crippen LogP contribution in [0.2, 0.25) is 0 Å². The van der Waals surface area contributed by atoms with Crippen LogP contribution in [-0.4, -0.2) is 30.2 Å². The lowest BCUT2D eigenvalue weighted by molar-refractivity contribution is -0.133. The highest BCUT2D eigenvalue weighted by atomic mass is 16.3. The minimum atomic E-state index is -1.95. The second-order valence-electron chi connectivity index (χ2n) is 2.56. The average molecular weight is 187 g/mol. The molecule has 0 bridgehead atoms. The molecule has 1 atom stereocenters. The van der Waals surface area contributed by atoms with Gasteiger partial charge >= 0.3 is 0 Å². The molecule has 0 aliphatic heterocycles. The van der Waals surface area contributed by atoms with Crippen LogP contribution in [0, 0.1) is 4.91 Å². The number of carbonyl (C=O) groups is 2. The summed E-state index contributed by atoms with van der Waals surface area (Å²) in [4.78, 5) is 32.9. The van der Waals surface area contributed by atoms with Crippen molar-refractivity contribution in [2.75, 3.05) is 13.1 Å². The molecule has 0 rings (SSSR count). The van der Waals surface area contributed by atoms with Crippen molar-refractivity contribution in [3.05, 3.63) is 4.91 Å². The van der Waals surface area contributed by atoms with Crippen molar-refractivity contribution < 1.29 is 9.59 Å². The molecule has 0 aliphatic rings. The summed E-state index contributed by atoms with van der Waals surface area (Å²) in [6.45, 7) is 0.704. The Morgan fingerprint density at radius 2 is 1.85 bits per heavy atom. The number of hydrogen-bond acceptors (Lipinski definition) is 6. The first-order valence-electron chi connectivity index (χ1n) is 3.90. The van der Waals surface area contributed by atoms with Gasteiger partial charge in [0.2, 0.25) is 5.54 Å². The van der Waals surface area contributed by atoms with Crippen LogP contribution in [0.1, 0.15) is 13.3 Å². The lowest BCUT2D eigenvalue weighted by Crippen LogP contribution is -2.53. The largest absolute Gasteiger partial charge is 0.327 e. The van der Waals surface area contributed by atoms with Gasteiger partial charge in [0.25, 0.3) is 0 Å². The molecule has 0 heterocycles. The molecule has 0 aliphatic carbocycles. The minimum Gasteiger partial charge on any atom is -0.327 e. The van der Waals surface area contributed by atoms with Crippen molar-refractivity contribution in [2.45, 2.75) is 18.9 Å². The molecule has 0 aromatic rings. The zero-order valence-electron chi connectivity index (χ0n) is 7.45. The van der Waals surface area contributed by atoms with Gasteiger partial charge in [0.05, 0.1) is 6.54 Å². The molecule has 74 valence electrons. The van der Waals surface area contributed by atoms with Gasteiger partial charge in [0.1, 0.15) is 0 Å². The highest BCUT2D eigenvalue weighted by Gasteiger charge is 2.44. The van der Waals surface area contributed by atoms with Crippen molar-refractivity contribution in [2.24, 2.45) is 16.6 Å². The SMILES string of the molecule is CCC(=O)[C@@](CN)(N=O)C(=O)CN. The molecular formula is C7H13N3O3. The summed E-state index contributed by atoms with van der Waals surface area (Å²) in [5.41, 5.74) is 8.27. The number of nitrogens with zero attached hydrogens (tertiary/aromatic N) is 1. The van der Waals surface area contributed by atoms with E-state index < -0.39 is 30.2 Å². The third-order valence-electron chi connectivity index (χ3n) is 1.88. The van der Waals surface area contributed by atoms with Crippen molar-refractivity contribution in [1.82, 2.24) is 0 Å². The second kappa shape index (κ2) is 4.78. The highest BCUT2D eigenvalue weighted by Crippen LogP contribution is 2.13. The summed E-state index contributed by atoms with van der Waals surface area (Å²) in [6.07, 6.45) is 0.0364. The fraction of sp³-hybridized carbons (Fsp3) is 0.714. The first-order valence-corrected chi connectivity index (χ1v) is 3.90. The molecule has 6 heteroatoms. The second-order valence-corrected chi connectivity index (χ2v) is 2.56. The fourth-order valence-corrected chi connectivity index (χ4v) is 0.984. The smallest absolute Gasteiger partial charge is 0.231 e. The van der Waals surface area contributed by atoms with Gasteiger partial charge in [-0.15, -0.1) is 4.91 Å². The van der Waals surface area contributed by atoms with Crippen molar-refractivity contribution >= 4 is 11.6 Å². The maximum atomic E-state index is 11.2. The van der Waals surface area contributed by atoms with Crippen LogP contribution in [0.15, 0.2) is 5.18 Å². The van der Waals surface area contributed by atoms with Gasteiger partial charge in [0, 0.05) is 13.0 Å². The Hall–Kier alpha value is -1.14. The molecule has 0 aromatic heterocycles. The Morgan fingerprint density at radius 1 is 1.31 bits per heavy atom. The van der Waals surface area contributed by atoms with Gasteiger partial charge in [0.15, 0.2) is 11.6 Å². The molecule has 0 saturated heterocycles. The fourth-order valence-electron chi connectivity index (χ4n) is 0.984. The van der Waals surface area contributed by atoms with Crippen LogP contribution in [0.25, 0.3) is 0 Å². The van der Waals surface area contributed by atoms with E-state index in [1.807, 2.05) is 0 Å². The Kier molecular flexibility index (Phi) is 4.36. The van der Waals surface area contributed by atoms with Crippen molar-refractivity contribution in [3.63, 3.8) is 0 Å². The molecule has 0 amide bonds. The van der Waals surface area contributed by atoms with Crippen LogP contribution in [0.3, 0.4) is 0 Å². The molecule has 6 nitrogen and oxygen atoms in total. The van der Waals surface area contributed by atoms with E-state index in [0.717, 1.165) is 0 Å². The predicted molar refractivity (Wildman–Crippen MR) is 46.9 cm³/mol. The lowest BCUT2D eigenvalue weighted by atomic mass is 9.88. The van der Waals surface area contributed by atoms with E-state index in [2.05, 4.69) is 5.18 Å². The van der Waals surface area contributed by atoms with E-state index in [1.54, 1.807) is 0 Å². The summed E-state index contributed by atoms with van der Waals surface area (Å²) in [5, 5.41) is 2.53. The Labute approximate surface area is 75.6 Å². The summed E-state index contributed by atoms with van der Waals surface area (Å²) < 4.78 is 0. The Balaban J connectivity index is 5.01. The number of carbonyl (C=O) groups excluding carboxylic acids is 2. The van der Waals surface area contributed by atoms with Crippen LogP contribution in [0.4, 0.5) is 0 Å². The average Bonchev–Trinajstić information content (AvgIpc) is 2.19. The number of Topliss-reactive ketones (excluding diaryl/α,β-unsaturated/α-hetero) is 2. The minimum absolute atomic E-state index is 0.0364. The molecule has 0 radical (unpaired) electrons. The summed E-state index contributed by atoms with van der Waals surface area (Å²) in [6, 6.07) is 0. The van der Waals surface area contributed by atoms with Crippen LogP contribution in [0.5, 0.6) is 0 Å². The molecule has 0 unspecified atom stereocenters. The first-order chi connectivity index (χ1) is 6.08. The zero-order chi connectivity index (χ0) is 10.5.